The Hall–Kier alpha value is -2.61. The normalized spacial score (nSPS) is 14.3. The molecule has 0 spiro atoms. The van der Waals surface area contributed by atoms with Gasteiger partial charge in [0.05, 0.1) is 23.1 Å². The molecule has 7 heteroatoms. The standard InChI is InChI=1S/C22H24N2O4S/c1-22(28,13-18(26)27)12-17(25)14-29-21-23-19(15-8-4-2-5-9-15)20(24-21)16-10-6-3-7-11-16/h2-11,17,25,28H,12-14H2,1H3,(H,23,24)(H,26,27)/p-1. The van der Waals surface area contributed by atoms with Crippen molar-refractivity contribution in [3.05, 3.63) is 60.7 Å². The molecule has 1 heterocycles. The van der Waals surface area contributed by atoms with E-state index in [4.69, 9.17) is 4.98 Å². The Labute approximate surface area is 173 Å². The summed E-state index contributed by atoms with van der Waals surface area (Å²) in [7, 11) is 0. The molecule has 0 bridgehead atoms. The van der Waals surface area contributed by atoms with E-state index in [9.17, 15) is 20.1 Å². The lowest BCUT2D eigenvalue weighted by Gasteiger charge is -2.26. The van der Waals surface area contributed by atoms with E-state index in [2.05, 4.69) is 4.98 Å². The lowest BCUT2D eigenvalue weighted by molar-refractivity contribution is -0.309. The number of thioether (sulfide) groups is 1. The van der Waals surface area contributed by atoms with Gasteiger partial charge in [-0.15, -0.1) is 0 Å². The van der Waals surface area contributed by atoms with Crippen LogP contribution in [0.15, 0.2) is 65.8 Å². The second-order valence-electron chi connectivity index (χ2n) is 7.21. The van der Waals surface area contributed by atoms with Crippen molar-refractivity contribution in [2.75, 3.05) is 5.75 Å². The molecule has 0 aliphatic carbocycles. The second kappa shape index (κ2) is 9.26. The number of aliphatic carboxylic acids is 1. The fraction of sp³-hybridized carbons (Fsp3) is 0.273. The Kier molecular flexibility index (Phi) is 6.74. The fourth-order valence-electron chi connectivity index (χ4n) is 3.16. The number of aromatic amines is 1. The summed E-state index contributed by atoms with van der Waals surface area (Å²) < 4.78 is 0. The van der Waals surface area contributed by atoms with Crippen LogP contribution in [0.5, 0.6) is 0 Å². The van der Waals surface area contributed by atoms with Gasteiger partial charge in [-0.25, -0.2) is 4.98 Å². The molecule has 3 N–H and O–H groups in total. The molecule has 0 saturated carbocycles. The number of rotatable bonds is 9. The van der Waals surface area contributed by atoms with Gasteiger partial charge in [-0.05, 0) is 6.92 Å². The third kappa shape index (κ3) is 5.93. The molecule has 2 unspecified atom stereocenters. The van der Waals surface area contributed by atoms with Crippen LogP contribution in [-0.4, -0.2) is 43.6 Å². The van der Waals surface area contributed by atoms with Crippen LogP contribution >= 0.6 is 11.8 Å². The van der Waals surface area contributed by atoms with Crippen LogP contribution in [-0.2, 0) is 4.79 Å². The number of nitrogens with one attached hydrogen (secondary N) is 1. The second-order valence-corrected chi connectivity index (χ2v) is 8.22. The van der Waals surface area contributed by atoms with Crippen molar-refractivity contribution in [1.82, 2.24) is 9.97 Å². The molecular weight excluding hydrogens is 388 g/mol. The number of aliphatic hydroxyl groups is 2. The predicted octanol–water partition coefficient (Wildman–Crippen LogP) is 2.48. The molecule has 0 aliphatic heterocycles. The van der Waals surface area contributed by atoms with Gasteiger partial charge in [0.15, 0.2) is 5.16 Å². The molecular formula is C22H23N2O4S-. The van der Waals surface area contributed by atoms with Crippen LogP contribution in [0.25, 0.3) is 22.5 Å². The molecule has 0 saturated heterocycles. The minimum absolute atomic E-state index is 0.0637. The summed E-state index contributed by atoms with van der Waals surface area (Å²) >= 11 is 1.32. The van der Waals surface area contributed by atoms with Crippen LogP contribution in [0.3, 0.4) is 0 Å². The van der Waals surface area contributed by atoms with Crippen LogP contribution in [0.2, 0.25) is 0 Å². The van der Waals surface area contributed by atoms with Crippen LogP contribution in [0.1, 0.15) is 19.8 Å². The summed E-state index contributed by atoms with van der Waals surface area (Å²) in [5, 5.41) is 31.7. The molecule has 0 fully saturated rings. The Morgan fingerprint density at radius 1 is 1.14 bits per heavy atom. The first kappa shape index (κ1) is 21.1. The summed E-state index contributed by atoms with van der Waals surface area (Å²) in [6, 6.07) is 19.7. The minimum Gasteiger partial charge on any atom is -0.550 e. The minimum atomic E-state index is -1.52. The molecule has 6 nitrogen and oxygen atoms in total. The third-order valence-corrected chi connectivity index (χ3v) is 5.42. The Morgan fingerprint density at radius 3 is 2.31 bits per heavy atom. The van der Waals surface area contributed by atoms with E-state index in [0.29, 0.717) is 5.16 Å². The van der Waals surface area contributed by atoms with Gasteiger partial charge < -0.3 is 25.1 Å². The van der Waals surface area contributed by atoms with Gasteiger partial charge in [-0.1, -0.05) is 72.4 Å². The Balaban J connectivity index is 1.77. The van der Waals surface area contributed by atoms with Crippen molar-refractivity contribution >= 4 is 17.7 Å². The number of nitrogens with zero attached hydrogens (tertiary/aromatic N) is 1. The lowest BCUT2D eigenvalue weighted by atomic mass is 9.95. The maximum Gasteiger partial charge on any atom is 0.166 e. The van der Waals surface area contributed by atoms with Gasteiger partial charge in [-0.3, -0.25) is 0 Å². The third-order valence-electron chi connectivity index (χ3n) is 4.40. The van der Waals surface area contributed by atoms with Gasteiger partial charge in [-0.2, -0.15) is 0 Å². The number of hydrogen-bond acceptors (Lipinski definition) is 6. The van der Waals surface area contributed by atoms with Gasteiger partial charge in [0.25, 0.3) is 0 Å². The number of aromatic nitrogens is 2. The average molecular weight is 412 g/mol. The van der Waals surface area contributed by atoms with Crippen molar-refractivity contribution in [1.29, 1.82) is 0 Å². The van der Waals surface area contributed by atoms with E-state index >= 15 is 0 Å². The summed E-state index contributed by atoms with van der Waals surface area (Å²) in [4.78, 5) is 18.7. The summed E-state index contributed by atoms with van der Waals surface area (Å²) in [5.74, 6) is -1.08. The molecule has 0 radical (unpaired) electrons. The molecule has 0 aliphatic rings. The molecule has 0 amide bonds. The first-order valence-corrected chi connectivity index (χ1v) is 10.3. The number of imidazole rings is 1. The Bertz CT molecular complexity index is 885. The molecule has 152 valence electrons. The fourth-order valence-corrected chi connectivity index (χ4v) is 3.96. The smallest absolute Gasteiger partial charge is 0.166 e. The quantitative estimate of drug-likeness (QED) is 0.467. The van der Waals surface area contributed by atoms with E-state index in [0.717, 1.165) is 22.5 Å². The van der Waals surface area contributed by atoms with Gasteiger partial charge >= 0.3 is 0 Å². The topological polar surface area (TPSA) is 109 Å². The lowest BCUT2D eigenvalue weighted by Crippen LogP contribution is -2.38. The zero-order valence-electron chi connectivity index (χ0n) is 16.0. The van der Waals surface area contributed by atoms with E-state index in [1.54, 1.807) is 0 Å². The van der Waals surface area contributed by atoms with Crippen molar-refractivity contribution < 1.29 is 20.1 Å². The van der Waals surface area contributed by atoms with E-state index in [-0.39, 0.29) is 12.2 Å². The van der Waals surface area contributed by atoms with Gasteiger partial charge in [0.1, 0.15) is 0 Å². The number of carboxylic acids is 1. The number of hydrogen-bond donors (Lipinski definition) is 3. The van der Waals surface area contributed by atoms with E-state index in [1.165, 1.54) is 18.7 Å². The number of carbonyl (C=O) groups is 1. The van der Waals surface area contributed by atoms with Crippen LogP contribution in [0.4, 0.5) is 0 Å². The molecule has 2 aromatic carbocycles. The number of aliphatic hydroxyl groups excluding tert-OH is 1. The number of carbonyl (C=O) groups excluding carboxylic acids is 1. The largest absolute Gasteiger partial charge is 0.550 e. The van der Waals surface area contributed by atoms with E-state index < -0.39 is 24.1 Å². The predicted molar refractivity (Wildman–Crippen MR) is 111 cm³/mol. The molecule has 3 rings (SSSR count). The van der Waals surface area contributed by atoms with Crippen molar-refractivity contribution in [3.8, 4) is 22.5 Å². The van der Waals surface area contributed by atoms with Gasteiger partial charge in [0, 0.05) is 35.7 Å². The van der Waals surface area contributed by atoms with E-state index in [1.807, 2.05) is 60.7 Å². The molecule has 2 atom stereocenters. The van der Waals surface area contributed by atoms with Crippen molar-refractivity contribution in [2.24, 2.45) is 0 Å². The number of carboxylic acid groups (broad SMARTS) is 1. The summed E-state index contributed by atoms with van der Waals surface area (Å²) in [6.45, 7) is 1.38. The molecule has 1 aromatic heterocycles. The zero-order chi connectivity index (χ0) is 20.9. The highest BCUT2D eigenvalue weighted by Gasteiger charge is 2.25. The molecule has 3 aromatic rings. The number of benzene rings is 2. The van der Waals surface area contributed by atoms with Crippen molar-refractivity contribution in [2.45, 2.75) is 36.6 Å². The highest BCUT2D eigenvalue weighted by atomic mass is 32.2. The highest BCUT2D eigenvalue weighted by molar-refractivity contribution is 7.99. The molecule has 29 heavy (non-hydrogen) atoms. The van der Waals surface area contributed by atoms with Crippen molar-refractivity contribution in [3.63, 3.8) is 0 Å². The van der Waals surface area contributed by atoms with Gasteiger partial charge in [0.2, 0.25) is 0 Å². The Morgan fingerprint density at radius 2 is 1.72 bits per heavy atom. The summed E-state index contributed by atoms with van der Waals surface area (Å²) in [5.41, 5.74) is 2.16. The average Bonchev–Trinajstić information content (AvgIpc) is 3.11. The monoisotopic (exact) mass is 411 g/mol. The maximum absolute atomic E-state index is 10.7. The number of H-pyrrole nitrogens is 1. The van der Waals surface area contributed by atoms with Crippen LogP contribution < -0.4 is 5.11 Å². The highest BCUT2D eigenvalue weighted by Crippen LogP contribution is 2.33. The zero-order valence-corrected chi connectivity index (χ0v) is 16.9. The van der Waals surface area contributed by atoms with Crippen LogP contribution in [0, 0.1) is 0 Å². The first-order chi connectivity index (χ1) is 13.8. The maximum atomic E-state index is 10.7. The first-order valence-electron chi connectivity index (χ1n) is 9.28. The SMILES string of the molecule is CC(O)(CC(=O)[O-])CC(O)CSc1nc(-c2ccccc2)c(-c2ccccc2)[nH]1. The summed E-state index contributed by atoms with van der Waals surface area (Å²) in [6.07, 6.45) is -1.47.